The number of rotatable bonds is 2. The predicted octanol–water partition coefficient (Wildman–Crippen LogP) is 0.573. The minimum Gasteiger partial charge on any atom is -0.455 e. The first-order valence-corrected chi connectivity index (χ1v) is 2.42. The quantitative estimate of drug-likeness (QED) is 0.296. The maximum absolute atomic E-state index is 9.48. The SMILES string of the molecule is CCC#CCOC=O. The Balaban J connectivity index is 3.02. The lowest BCUT2D eigenvalue weighted by Crippen LogP contribution is -1.85. The van der Waals surface area contributed by atoms with Crippen molar-refractivity contribution < 1.29 is 9.53 Å². The third-order valence-electron chi connectivity index (χ3n) is 0.525. The molecular formula is C6H8O2. The molecule has 0 aromatic carbocycles. The van der Waals surface area contributed by atoms with Crippen LogP contribution in [0.2, 0.25) is 0 Å². The fraction of sp³-hybridized carbons (Fsp3) is 0.500. The zero-order chi connectivity index (χ0) is 6.24. The van der Waals surface area contributed by atoms with E-state index in [2.05, 4.69) is 16.6 Å². The molecule has 0 aliphatic carbocycles. The number of carbonyl (C=O) groups excluding carboxylic acids is 1. The van der Waals surface area contributed by atoms with Gasteiger partial charge < -0.3 is 4.74 Å². The Bertz CT molecular complexity index is 107. The monoisotopic (exact) mass is 112 g/mol. The maximum Gasteiger partial charge on any atom is 0.294 e. The van der Waals surface area contributed by atoms with Gasteiger partial charge in [-0.1, -0.05) is 12.8 Å². The molecule has 0 aromatic rings. The molecule has 8 heavy (non-hydrogen) atoms. The molecule has 0 heterocycles. The van der Waals surface area contributed by atoms with Crippen molar-refractivity contribution >= 4 is 6.47 Å². The molecule has 0 N–H and O–H groups in total. The van der Waals surface area contributed by atoms with Crippen molar-refractivity contribution in [1.82, 2.24) is 0 Å². The lowest BCUT2D eigenvalue weighted by Gasteiger charge is -1.81. The molecule has 0 unspecified atom stereocenters. The van der Waals surface area contributed by atoms with E-state index >= 15 is 0 Å². The van der Waals surface area contributed by atoms with Gasteiger partial charge in [0.25, 0.3) is 6.47 Å². The number of hydrogen-bond acceptors (Lipinski definition) is 2. The topological polar surface area (TPSA) is 26.3 Å². The van der Waals surface area contributed by atoms with E-state index in [1.807, 2.05) is 6.92 Å². The van der Waals surface area contributed by atoms with Crippen molar-refractivity contribution in [3.8, 4) is 11.8 Å². The van der Waals surface area contributed by atoms with Crippen LogP contribution in [0.25, 0.3) is 0 Å². The Morgan fingerprint density at radius 3 is 2.88 bits per heavy atom. The Morgan fingerprint density at radius 1 is 1.62 bits per heavy atom. The molecule has 0 radical (unpaired) electrons. The third kappa shape index (κ3) is 5.03. The van der Waals surface area contributed by atoms with Gasteiger partial charge in [0.15, 0.2) is 6.61 Å². The van der Waals surface area contributed by atoms with Gasteiger partial charge in [0.2, 0.25) is 0 Å². The standard InChI is InChI=1S/C6H8O2/c1-2-3-4-5-8-6-7/h6H,2,5H2,1H3. The summed E-state index contributed by atoms with van der Waals surface area (Å²) in [5.74, 6) is 5.38. The minimum atomic E-state index is 0.220. The van der Waals surface area contributed by atoms with Crippen molar-refractivity contribution in [3.63, 3.8) is 0 Å². The van der Waals surface area contributed by atoms with Crippen LogP contribution in [-0.2, 0) is 9.53 Å². The lowest BCUT2D eigenvalue weighted by atomic mass is 10.5. The average Bonchev–Trinajstić information content (AvgIpc) is 1.81. The largest absolute Gasteiger partial charge is 0.455 e. The van der Waals surface area contributed by atoms with E-state index in [0.717, 1.165) is 6.42 Å². The van der Waals surface area contributed by atoms with Gasteiger partial charge in [-0.3, -0.25) is 4.79 Å². The Kier molecular flexibility index (Phi) is 5.30. The van der Waals surface area contributed by atoms with Gasteiger partial charge in [-0.2, -0.15) is 0 Å². The summed E-state index contributed by atoms with van der Waals surface area (Å²) in [6, 6.07) is 0. The maximum atomic E-state index is 9.48. The Morgan fingerprint density at radius 2 is 2.38 bits per heavy atom. The van der Waals surface area contributed by atoms with E-state index in [-0.39, 0.29) is 6.61 Å². The summed E-state index contributed by atoms with van der Waals surface area (Å²) in [5, 5.41) is 0. The molecule has 0 fully saturated rings. The van der Waals surface area contributed by atoms with Crippen molar-refractivity contribution in [1.29, 1.82) is 0 Å². The Labute approximate surface area is 48.8 Å². The second kappa shape index (κ2) is 6.03. The van der Waals surface area contributed by atoms with Gasteiger partial charge >= 0.3 is 0 Å². The molecule has 2 heteroatoms. The van der Waals surface area contributed by atoms with Crippen LogP contribution in [-0.4, -0.2) is 13.1 Å². The van der Waals surface area contributed by atoms with Crippen molar-refractivity contribution in [3.05, 3.63) is 0 Å². The first-order chi connectivity index (χ1) is 3.91. The summed E-state index contributed by atoms with van der Waals surface area (Å²) >= 11 is 0. The molecule has 0 saturated carbocycles. The van der Waals surface area contributed by atoms with Gasteiger partial charge in [-0.25, -0.2) is 0 Å². The normalized spacial score (nSPS) is 6.62. The zero-order valence-corrected chi connectivity index (χ0v) is 4.81. The highest BCUT2D eigenvalue weighted by molar-refractivity contribution is 5.37. The van der Waals surface area contributed by atoms with Crippen molar-refractivity contribution in [2.75, 3.05) is 6.61 Å². The highest BCUT2D eigenvalue weighted by Crippen LogP contribution is 1.67. The molecule has 0 amide bonds. The van der Waals surface area contributed by atoms with E-state index < -0.39 is 0 Å². The summed E-state index contributed by atoms with van der Waals surface area (Å²) in [6.45, 7) is 2.55. The fourth-order valence-corrected chi connectivity index (χ4v) is 0.252. The smallest absolute Gasteiger partial charge is 0.294 e. The van der Waals surface area contributed by atoms with E-state index in [0.29, 0.717) is 6.47 Å². The number of ether oxygens (including phenoxy) is 1. The lowest BCUT2D eigenvalue weighted by molar-refractivity contribution is -0.127. The second-order valence-electron chi connectivity index (χ2n) is 1.11. The van der Waals surface area contributed by atoms with Gasteiger partial charge in [0.05, 0.1) is 0 Å². The van der Waals surface area contributed by atoms with Crippen LogP contribution in [0.5, 0.6) is 0 Å². The molecule has 0 rings (SSSR count). The van der Waals surface area contributed by atoms with E-state index in [4.69, 9.17) is 0 Å². The van der Waals surface area contributed by atoms with E-state index in [9.17, 15) is 4.79 Å². The Hall–Kier alpha value is -0.970. The van der Waals surface area contributed by atoms with Crippen LogP contribution < -0.4 is 0 Å². The highest BCUT2D eigenvalue weighted by Gasteiger charge is 1.69. The average molecular weight is 112 g/mol. The highest BCUT2D eigenvalue weighted by atomic mass is 16.5. The van der Waals surface area contributed by atoms with E-state index in [1.165, 1.54) is 0 Å². The van der Waals surface area contributed by atoms with Gasteiger partial charge in [0.1, 0.15) is 0 Å². The van der Waals surface area contributed by atoms with Crippen molar-refractivity contribution in [2.45, 2.75) is 13.3 Å². The molecular weight excluding hydrogens is 104 g/mol. The van der Waals surface area contributed by atoms with Crippen LogP contribution in [0, 0.1) is 11.8 Å². The molecule has 0 aliphatic rings. The fourth-order valence-electron chi connectivity index (χ4n) is 0.252. The molecule has 0 atom stereocenters. The molecule has 0 spiro atoms. The molecule has 0 bridgehead atoms. The molecule has 44 valence electrons. The number of carbonyl (C=O) groups is 1. The first-order valence-electron chi connectivity index (χ1n) is 2.42. The summed E-state index contributed by atoms with van der Waals surface area (Å²) in [7, 11) is 0. The summed E-state index contributed by atoms with van der Waals surface area (Å²) in [5.41, 5.74) is 0. The van der Waals surface area contributed by atoms with Gasteiger partial charge in [-0.15, -0.1) is 5.92 Å². The first kappa shape index (κ1) is 7.03. The minimum absolute atomic E-state index is 0.220. The van der Waals surface area contributed by atoms with E-state index in [1.54, 1.807) is 0 Å². The summed E-state index contributed by atoms with van der Waals surface area (Å²) in [6.07, 6.45) is 0.808. The van der Waals surface area contributed by atoms with Crippen LogP contribution in [0.1, 0.15) is 13.3 Å². The zero-order valence-electron chi connectivity index (χ0n) is 4.81. The molecule has 0 saturated heterocycles. The predicted molar refractivity (Wildman–Crippen MR) is 30.1 cm³/mol. The van der Waals surface area contributed by atoms with Crippen molar-refractivity contribution in [2.24, 2.45) is 0 Å². The summed E-state index contributed by atoms with van der Waals surface area (Å²) in [4.78, 5) is 9.48. The molecule has 0 aliphatic heterocycles. The van der Waals surface area contributed by atoms with Crippen LogP contribution in [0.3, 0.4) is 0 Å². The summed E-state index contributed by atoms with van der Waals surface area (Å²) < 4.78 is 4.28. The number of hydrogen-bond donors (Lipinski definition) is 0. The van der Waals surface area contributed by atoms with Gasteiger partial charge in [0, 0.05) is 6.42 Å². The van der Waals surface area contributed by atoms with Crippen LogP contribution >= 0.6 is 0 Å². The van der Waals surface area contributed by atoms with Crippen LogP contribution in [0.4, 0.5) is 0 Å². The molecule has 0 aromatic heterocycles. The van der Waals surface area contributed by atoms with Crippen LogP contribution in [0.15, 0.2) is 0 Å². The second-order valence-corrected chi connectivity index (χ2v) is 1.11. The van der Waals surface area contributed by atoms with Gasteiger partial charge in [-0.05, 0) is 0 Å². The third-order valence-corrected chi connectivity index (χ3v) is 0.525. The molecule has 2 nitrogen and oxygen atoms in total.